The van der Waals surface area contributed by atoms with Crippen molar-refractivity contribution < 1.29 is 14.8 Å². The van der Waals surface area contributed by atoms with Crippen LogP contribution in [-0.4, -0.2) is 35.2 Å². The van der Waals surface area contributed by atoms with Crippen LogP contribution in [0.2, 0.25) is 0 Å². The lowest BCUT2D eigenvalue weighted by Gasteiger charge is -2.25. The normalized spacial score (nSPS) is 12.0. The molecule has 0 saturated carbocycles. The lowest BCUT2D eigenvalue weighted by Crippen LogP contribution is -2.48. The number of hydrogen-bond donors (Lipinski definition) is 3. The molecule has 6 heteroatoms. The van der Waals surface area contributed by atoms with E-state index < -0.39 is 17.9 Å². The fraction of sp³-hybridized carbons (Fsp3) is 0.500. The molecule has 0 aromatic heterocycles. The molecule has 1 atom stereocenters. The molecule has 2 amide bonds. The summed E-state index contributed by atoms with van der Waals surface area (Å²) in [5.74, 6) is -0.497. The number of nitrogens with one attached hydrogen (secondary N) is 1. The van der Waals surface area contributed by atoms with E-state index in [1.807, 2.05) is 13.8 Å². The van der Waals surface area contributed by atoms with Gasteiger partial charge < -0.3 is 11.1 Å². The van der Waals surface area contributed by atoms with Crippen LogP contribution in [0.1, 0.15) is 32.3 Å². The van der Waals surface area contributed by atoms with Crippen molar-refractivity contribution in [3.8, 4) is 0 Å². The minimum atomic E-state index is -0.951. The maximum absolute atomic E-state index is 12.0. The van der Waals surface area contributed by atoms with E-state index in [-0.39, 0.29) is 12.8 Å². The third-order valence-electron chi connectivity index (χ3n) is 3.44. The molecule has 0 saturated heterocycles. The molecule has 1 rings (SSSR count). The number of hydrogen-bond acceptors (Lipinski definition) is 4. The van der Waals surface area contributed by atoms with Gasteiger partial charge in [0.15, 0.2) is 0 Å². The van der Waals surface area contributed by atoms with Crippen molar-refractivity contribution in [2.45, 2.75) is 39.2 Å². The summed E-state index contributed by atoms with van der Waals surface area (Å²) < 4.78 is 0. The van der Waals surface area contributed by atoms with E-state index in [1.54, 1.807) is 24.3 Å². The van der Waals surface area contributed by atoms with E-state index in [1.165, 1.54) is 7.05 Å². The van der Waals surface area contributed by atoms with Crippen LogP contribution >= 0.6 is 0 Å². The highest BCUT2D eigenvalue weighted by Gasteiger charge is 2.28. The first-order chi connectivity index (χ1) is 10.3. The van der Waals surface area contributed by atoms with Crippen molar-refractivity contribution in [3.63, 3.8) is 0 Å². The first kappa shape index (κ1) is 18.0. The largest absolute Gasteiger partial charge is 0.399 e. The van der Waals surface area contributed by atoms with Crippen molar-refractivity contribution in [3.05, 3.63) is 29.8 Å². The van der Waals surface area contributed by atoms with E-state index in [9.17, 15) is 14.8 Å². The predicted octanol–water partition coefficient (Wildman–Crippen LogP) is 1.58. The molecule has 0 spiro atoms. The number of amides is 2. The zero-order valence-electron chi connectivity index (χ0n) is 13.4. The molecule has 1 aromatic rings. The summed E-state index contributed by atoms with van der Waals surface area (Å²) >= 11 is 0. The molecule has 0 heterocycles. The van der Waals surface area contributed by atoms with Crippen molar-refractivity contribution >= 4 is 17.5 Å². The SMILES string of the molecule is CNC(=O)[C@H](Cc1ccc(N)cc1)N(O)C(=O)CCC(C)C. The molecular formula is C16H25N3O3. The number of benzene rings is 1. The molecular weight excluding hydrogens is 282 g/mol. The molecule has 0 fully saturated rings. The number of nitrogen functional groups attached to an aromatic ring is 1. The molecule has 0 bridgehead atoms. The second-order valence-electron chi connectivity index (χ2n) is 5.75. The lowest BCUT2D eigenvalue weighted by atomic mass is 10.0. The number of likely N-dealkylation sites (N-methyl/N-ethyl adjacent to an activating group) is 1. The van der Waals surface area contributed by atoms with E-state index in [2.05, 4.69) is 5.32 Å². The molecule has 0 aliphatic carbocycles. The molecule has 0 aliphatic heterocycles. The Morgan fingerprint density at radius 1 is 1.27 bits per heavy atom. The van der Waals surface area contributed by atoms with E-state index in [4.69, 9.17) is 5.73 Å². The van der Waals surface area contributed by atoms with Crippen LogP contribution in [0.25, 0.3) is 0 Å². The summed E-state index contributed by atoms with van der Waals surface area (Å²) in [4.78, 5) is 24.0. The van der Waals surface area contributed by atoms with Gasteiger partial charge >= 0.3 is 0 Å². The topological polar surface area (TPSA) is 95.7 Å². The Morgan fingerprint density at radius 2 is 1.86 bits per heavy atom. The minimum Gasteiger partial charge on any atom is -0.399 e. The second-order valence-corrected chi connectivity index (χ2v) is 5.75. The Labute approximate surface area is 131 Å². The summed E-state index contributed by atoms with van der Waals surface area (Å²) in [7, 11) is 1.48. The second kappa shape index (κ2) is 8.38. The summed E-state index contributed by atoms with van der Waals surface area (Å²) in [6, 6.07) is 6.04. The van der Waals surface area contributed by atoms with Gasteiger partial charge in [0, 0.05) is 25.6 Å². The maximum atomic E-state index is 12.0. The van der Waals surface area contributed by atoms with Crippen LogP contribution in [0, 0.1) is 5.92 Å². The summed E-state index contributed by atoms with van der Waals surface area (Å²) in [5, 5.41) is 13.1. The Morgan fingerprint density at radius 3 is 2.36 bits per heavy atom. The Balaban J connectivity index is 2.81. The number of rotatable bonds is 7. The van der Waals surface area contributed by atoms with Gasteiger partial charge in [-0.25, -0.2) is 5.06 Å². The van der Waals surface area contributed by atoms with Crippen LogP contribution in [0.3, 0.4) is 0 Å². The van der Waals surface area contributed by atoms with Crippen LogP contribution in [0.5, 0.6) is 0 Å². The lowest BCUT2D eigenvalue weighted by molar-refractivity contribution is -0.180. The number of anilines is 1. The molecule has 0 radical (unpaired) electrons. The van der Waals surface area contributed by atoms with Gasteiger partial charge in [0.25, 0.3) is 0 Å². The molecule has 6 nitrogen and oxygen atoms in total. The van der Waals surface area contributed by atoms with Gasteiger partial charge in [-0.2, -0.15) is 0 Å². The Hall–Kier alpha value is -2.08. The summed E-state index contributed by atoms with van der Waals surface area (Å²) in [6.45, 7) is 4.00. The first-order valence-corrected chi connectivity index (χ1v) is 7.42. The quantitative estimate of drug-likeness (QED) is 0.405. The average Bonchev–Trinajstić information content (AvgIpc) is 2.50. The van der Waals surface area contributed by atoms with Gasteiger partial charge in [0.2, 0.25) is 11.8 Å². The van der Waals surface area contributed by atoms with Crippen LogP contribution in [0.15, 0.2) is 24.3 Å². The molecule has 0 aliphatic rings. The Kier molecular flexibility index (Phi) is 6.85. The first-order valence-electron chi connectivity index (χ1n) is 7.42. The van der Waals surface area contributed by atoms with E-state index in [0.717, 1.165) is 5.56 Å². The number of hydroxylamine groups is 2. The summed E-state index contributed by atoms with van der Waals surface area (Å²) in [5.41, 5.74) is 7.06. The van der Waals surface area contributed by atoms with Gasteiger partial charge in [-0.1, -0.05) is 26.0 Å². The highest BCUT2D eigenvalue weighted by atomic mass is 16.5. The molecule has 0 unspecified atom stereocenters. The zero-order chi connectivity index (χ0) is 16.7. The number of carbonyl (C=O) groups excluding carboxylic acids is 2. The van der Waals surface area contributed by atoms with Gasteiger partial charge in [-0.3, -0.25) is 14.8 Å². The molecule has 1 aromatic carbocycles. The van der Waals surface area contributed by atoms with Gasteiger partial charge in [0.1, 0.15) is 6.04 Å². The van der Waals surface area contributed by atoms with Crippen LogP contribution in [-0.2, 0) is 16.0 Å². The number of nitrogens with zero attached hydrogens (tertiary/aromatic N) is 1. The number of nitrogens with two attached hydrogens (primary N) is 1. The van der Waals surface area contributed by atoms with Crippen LogP contribution < -0.4 is 11.1 Å². The highest BCUT2D eigenvalue weighted by molar-refractivity contribution is 5.87. The van der Waals surface area contributed by atoms with Gasteiger partial charge in [0.05, 0.1) is 0 Å². The third kappa shape index (κ3) is 5.37. The third-order valence-corrected chi connectivity index (χ3v) is 3.44. The highest BCUT2D eigenvalue weighted by Crippen LogP contribution is 2.13. The van der Waals surface area contributed by atoms with E-state index >= 15 is 0 Å². The standard InChI is InChI=1S/C16H25N3O3/c1-11(2)4-9-15(20)19(22)14(16(21)18-3)10-12-5-7-13(17)8-6-12/h5-8,11,14,22H,4,9-10,17H2,1-3H3,(H,18,21)/t14-/m0/s1. The monoisotopic (exact) mass is 307 g/mol. The maximum Gasteiger partial charge on any atom is 0.246 e. The van der Waals surface area contributed by atoms with Crippen molar-refractivity contribution in [1.29, 1.82) is 0 Å². The van der Waals surface area contributed by atoms with E-state index in [0.29, 0.717) is 23.1 Å². The van der Waals surface area contributed by atoms with Crippen molar-refractivity contribution in [1.82, 2.24) is 10.4 Å². The van der Waals surface area contributed by atoms with Gasteiger partial charge in [-0.15, -0.1) is 0 Å². The fourth-order valence-electron chi connectivity index (χ4n) is 2.03. The molecule has 22 heavy (non-hydrogen) atoms. The van der Waals surface area contributed by atoms with Gasteiger partial charge in [-0.05, 0) is 30.0 Å². The van der Waals surface area contributed by atoms with Crippen molar-refractivity contribution in [2.24, 2.45) is 5.92 Å². The molecule has 4 N–H and O–H groups in total. The molecule has 122 valence electrons. The number of carbonyl (C=O) groups is 2. The van der Waals surface area contributed by atoms with Crippen LogP contribution in [0.4, 0.5) is 5.69 Å². The minimum absolute atomic E-state index is 0.212. The average molecular weight is 307 g/mol. The predicted molar refractivity (Wildman–Crippen MR) is 85.1 cm³/mol. The fourth-order valence-corrected chi connectivity index (χ4v) is 2.03. The van der Waals surface area contributed by atoms with Crippen molar-refractivity contribution in [2.75, 3.05) is 12.8 Å². The zero-order valence-corrected chi connectivity index (χ0v) is 13.4. The summed E-state index contributed by atoms with van der Waals surface area (Å²) in [6.07, 6.45) is 1.10. The Bertz CT molecular complexity index is 500. The smallest absolute Gasteiger partial charge is 0.246 e.